The quantitative estimate of drug-likeness (QED) is 0.526. The van der Waals surface area contributed by atoms with E-state index in [9.17, 15) is 13.6 Å². The number of carbonyl (C=O) groups excluding carboxylic acids is 1. The number of aromatic nitrogens is 3. The van der Waals surface area contributed by atoms with E-state index in [4.69, 9.17) is 4.74 Å². The third-order valence-electron chi connectivity index (χ3n) is 7.04. The van der Waals surface area contributed by atoms with E-state index in [1.54, 1.807) is 30.6 Å². The molecule has 36 heavy (non-hydrogen) atoms. The molecule has 194 valence electrons. The van der Waals surface area contributed by atoms with E-state index in [0.29, 0.717) is 11.7 Å². The minimum absolute atomic E-state index is 0.0699. The zero-order valence-electron chi connectivity index (χ0n) is 20.8. The molecule has 3 heterocycles. The van der Waals surface area contributed by atoms with E-state index in [1.165, 1.54) is 5.56 Å². The van der Waals surface area contributed by atoms with E-state index >= 15 is 0 Å². The number of hydrogen-bond acceptors (Lipinski definition) is 6. The van der Waals surface area contributed by atoms with Crippen LogP contribution in [0.3, 0.4) is 0 Å². The maximum atomic E-state index is 12.4. The molecule has 0 atom stereocenters. The molecule has 1 amide bonds. The Morgan fingerprint density at radius 3 is 2.67 bits per heavy atom. The van der Waals surface area contributed by atoms with Gasteiger partial charge in [-0.25, -0.2) is 23.7 Å². The van der Waals surface area contributed by atoms with Gasteiger partial charge in [0.1, 0.15) is 5.82 Å². The van der Waals surface area contributed by atoms with Gasteiger partial charge in [0.25, 0.3) is 6.43 Å². The average molecular weight is 500 g/mol. The molecule has 4 rings (SSSR count). The Labute approximate surface area is 211 Å². The number of nitrogens with zero attached hydrogens (tertiary/aromatic N) is 4. The number of halogens is 2. The van der Waals surface area contributed by atoms with Crippen molar-refractivity contribution in [2.75, 3.05) is 26.2 Å². The summed E-state index contributed by atoms with van der Waals surface area (Å²) in [7, 11) is 0. The monoisotopic (exact) mass is 499 g/mol. The van der Waals surface area contributed by atoms with Gasteiger partial charge in [-0.2, -0.15) is 0 Å². The number of hydrogen-bond donors (Lipinski definition) is 1. The van der Waals surface area contributed by atoms with Crippen LogP contribution in [0.4, 0.5) is 8.78 Å². The highest BCUT2D eigenvalue weighted by Crippen LogP contribution is 2.27. The van der Waals surface area contributed by atoms with E-state index in [-0.39, 0.29) is 17.8 Å². The van der Waals surface area contributed by atoms with Crippen LogP contribution in [0.1, 0.15) is 54.7 Å². The average Bonchev–Trinajstić information content (AvgIpc) is 3.08. The smallest absolute Gasteiger partial charge is 0.272 e. The summed E-state index contributed by atoms with van der Waals surface area (Å²) < 4.78 is 29.9. The minimum atomic E-state index is -2.50. The Morgan fingerprint density at radius 2 is 1.92 bits per heavy atom. The number of amides is 1. The van der Waals surface area contributed by atoms with Crippen molar-refractivity contribution in [1.82, 2.24) is 25.2 Å². The van der Waals surface area contributed by atoms with Gasteiger partial charge in [0.15, 0.2) is 6.61 Å². The number of aryl methyl sites for hydroxylation is 1. The summed E-state index contributed by atoms with van der Waals surface area (Å²) in [5.74, 6) is 1.60. The molecule has 9 heteroatoms. The lowest BCUT2D eigenvalue weighted by Crippen LogP contribution is -2.37. The Morgan fingerprint density at radius 1 is 1.17 bits per heavy atom. The number of ether oxygens (including phenoxy) is 1. The van der Waals surface area contributed by atoms with Crippen molar-refractivity contribution in [3.63, 3.8) is 0 Å². The van der Waals surface area contributed by atoms with Crippen LogP contribution in [0, 0.1) is 12.8 Å². The van der Waals surface area contributed by atoms with Gasteiger partial charge in [0, 0.05) is 61.3 Å². The topological polar surface area (TPSA) is 80.2 Å². The molecule has 1 saturated carbocycles. The Kier molecular flexibility index (Phi) is 9.33. The highest BCUT2D eigenvalue weighted by atomic mass is 19.3. The van der Waals surface area contributed by atoms with Gasteiger partial charge in [0.2, 0.25) is 11.8 Å². The van der Waals surface area contributed by atoms with Crippen LogP contribution in [0.2, 0.25) is 0 Å². The van der Waals surface area contributed by atoms with Crippen LogP contribution >= 0.6 is 0 Å². The molecule has 0 unspecified atom stereocenters. The number of fused-ring (bicyclic) bond motifs is 1. The van der Waals surface area contributed by atoms with Gasteiger partial charge >= 0.3 is 0 Å². The van der Waals surface area contributed by atoms with E-state index in [0.717, 1.165) is 75.8 Å². The summed E-state index contributed by atoms with van der Waals surface area (Å²) in [5.41, 5.74) is 2.96. The highest BCUT2D eigenvalue weighted by molar-refractivity contribution is 5.91. The second-order valence-electron chi connectivity index (χ2n) is 9.71. The van der Waals surface area contributed by atoms with Crippen molar-refractivity contribution in [3.8, 4) is 5.88 Å². The molecule has 1 aliphatic carbocycles. The predicted molar refractivity (Wildman–Crippen MR) is 134 cm³/mol. The van der Waals surface area contributed by atoms with Crippen molar-refractivity contribution < 1.29 is 18.3 Å². The Bertz CT molecular complexity index is 1020. The van der Waals surface area contributed by atoms with Crippen molar-refractivity contribution in [3.05, 3.63) is 53.2 Å². The van der Waals surface area contributed by atoms with Crippen LogP contribution in [0.15, 0.2) is 30.6 Å². The van der Waals surface area contributed by atoms with Crippen LogP contribution in [0.25, 0.3) is 6.08 Å². The second-order valence-corrected chi connectivity index (χ2v) is 9.71. The molecule has 2 aliphatic rings. The summed E-state index contributed by atoms with van der Waals surface area (Å²) in [6, 6.07) is 3.89. The number of alkyl halides is 2. The summed E-state index contributed by atoms with van der Waals surface area (Å²) >= 11 is 0. The summed E-state index contributed by atoms with van der Waals surface area (Å²) in [5, 5.41) is 3.13. The second kappa shape index (κ2) is 12.9. The predicted octanol–water partition coefficient (Wildman–Crippen LogP) is 4.00. The zero-order chi connectivity index (χ0) is 25.3. The Balaban J connectivity index is 1.15. The summed E-state index contributed by atoms with van der Waals surface area (Å²) in [4.78, 5) is 27.5. The van der Waals surface area contributed by atoms with Gasteiger partial charge in [-0.15, -0.1) is 0 Å². The first-order chi connectivity index (χ1) is 17.4. The normalized spacial score (nSPS) is 20.8. The SMILES string of the molecule is Cc1ncc(/C=C/C(=O)NC2CCC(CCN3CCc4ccc(OCC(F)F)nc4CC3)CC2)cn1. The van der Waals surface area contributed by atoms with Crippen molar-refractivity contribution in [1.29, 1.82) is 0 Å². The number of rotatable bonds is 9. The zero-order valence-corrected chi connectivity index (χ0v) is 20.8. The molecule has 0 bridgehead atoms. The first-order valence-corrected chi connectivity index (χ1v) is 12.8. The standard InChI is InChI=1S/C27H35F2N5O2/c1-19-30-16-21(17-31-19)4-8-26(35)32-23-6-2-20(3-7-23)10-13-34-14-11-22-5-9-27(36-18-25(28)29)33-24(22)12-15-34/h4-5,8-9,16-17,20,23,25H,2-3,6-7,10-15,18H2,1H3,(H,32,35)/b8-4+. The fourth-order valence-corrected chi connectivity index (χ4v) is 4.93. The molecule has 0 aromatic carbocycles. The maximum Gasteiger partial charge on any atom is 0.272 e. The minimum Gasteiger partial charge on any atom is -0.472 e. The first kappa shape index (κ1) is 26.1. The fraction of sp³-hybridized carbons (Fsp3) is 0.556. The fourth-order valence-electron chi connectivity index (χ4n) is 4.93. The molecule has 1 aliphatic heterocycles. The van der Waals surface area contributed by atoms with Crippen LogP contribution in [0.5, 0.6) is 5.88 Å². The van der Waals surface area contributed by atoms with Crippen molar-refractivity contribution >= 4 is 12.0 Å². The Hall–Kier alpha value is -2.94. The molecule has 1 N–H and O–H groups in total. The largest absolute Gasteiger partial charge is 0.472 e. The van der Waals surface area contributed by atoms with Crippen LogP contribution in [-0.2, 0) is 17.6 Å². The third-order valence-corrected chi connectivity index (χ3v) is 7.04. The van der Waals surface area contributed by atoms with E-state index in [1.807, 2.05) is 13.0 Å². The van der Waals surface area contributed by atoms with Gasteiger partial charge in [-0.3, -0.25) is 4.79 Å². The molecule has 0 spiro atoms. The molecule has 0 radical (unpaired) electrons. The summed E-state index contributed by atoms with van der Waals surface area (Å²) in [6.07, 6.45) is 11.4. The molecule has 2 aromatic heterocycles. The lowest BCUT2D eigenvalue weighted by molar-refractivity contribution is -0.117. The van der Waals surface area contributed by atoms with E-state index in [2.05, 4.69) is 25.2 Å². The maximum absolute atomic E-state index is 12.4. The summed E-state index contributed by atoms with van der Waals surface area (Å²) in [6.45, 7) is 4.16. The number of nitrogens with one attached hydrogen (secondary N) is 1. The van der Waals surface area contributed by atoms with Gasteiger partial charge < -0.3 is 15.0 Å². The van der Waals surface area contributed by atoms with Crippen LogP contribution in [-0.4, -0.2) is 64.5 Å². The molecule has 7 nitrogen and oxygen atoms in total. The molecule has 1 fully saturated rings. The van der Waals surface area contributed by atoms with Crippen molar-refractivity contribution in [2.24, 2.45) is 5.92 Å². The molecular weight excluding hydrogens is 464 g/mol. The number of pyridine rings is 1. The van der Waals surface area contributed by atoms with Gasteiger partial charge in [-0.05, 0) is 69.6 Å². The third kappa shape index (κ3) is 8.05. The number of carbonyl (C=O) groups is 1. The lowest BCUT2D eigenvalue weighted by Gasteiger charge is -2.30. The van der Waals surface area contributed by atoms with E-state index < -0.39 is 13.0 Å². The van der Waals surface area contributed by atoms with Crippen molar-refractivity contribution in [2.45, 2.75) is 64.3 Å². The van der Waals surface area contributed by atoms with Gasteiger partial charge in [0.05, 0.1) is 0 Å². The highest BCUT2D eigenvalue weighted by Gasteiger charge is 2.23. The molecular formula is C27H35F2N5O2. The molecule has 0 saturated heterocycles. The van der Waals surface area contributed by atoms with Gasteiger partial charge in [-0.1, -0.05) is 6.07 Å². The first-order valence-electron chi connectivity index (χ1n) is 12.8. The molecule has 2 aromatic rings. The van der Waals surface area contributed by atoms with Crippen LogP contribution < -0.4 is 10.1 Å². The lowest BCUT2D eigenvalue weighted by atomic mass is 9.84.